The van der Waals surface area contributed by atoms with Gasteiger partial charge in [-0.2, -0.15) is 4.72 Å². The van der Waals surface area contributed by atoms with Crippen LogP contribution in [0.1, 0.15) is 52.2 Å². The van der Waals surface area contributed by atoms with Gasteiger partial charge in [0.2, 0.25) is 15.9 Å². The fourth-order valence-corrected chi connectivity index (χ4v) is 7.72. The normalized spacial score (nSPS) is 18.1. The molecular formula is C42H42N4O6S. The molecule has 1 aliphatic rings. The maximum atomic E-state index is 13.6. The minimum Gasteiger partial charge on any atom is -0.392 e. The average Bonchev–Trinajstić information content (AvgIpc) is 3.59. The standard InChI is InChI=1S/C42H42N4O6S/c1-29-11-21-36(22-12-29)53(49,50)45-38(23-30-7-3-2-4-8-30)41(48)43-25-31-13-19-34(20-14-31)42-51-35(26-46-28-44-37-9-5-6-10-39(37)46)24-40(52-42)33-17-15-32(27-47)16-18-33/h2-22,28,35,38,40,42,45,47H,23-27H2,1H3,(H,43,48)/t35-,38+,40+,42?/m0/s1. The number of benzene rings is 5. The quantitative estimate of drug-likeness (QED) is 0.127. The van der Waals surface area contributed by atoms with Gasteiger partial charge in [0.1, 0.15) is 6.04 Å². The number of amides is 1. The number of sulfonamides is 1. The molecule has 11 heteroatoms. The minimum absolute atomic E-state index is 0.0304. The van der Waals surface area contributed by atoms with Crippen LogP contribution in [0.4, 0.5) is 0 Å². The molecule has 1 aromatic heterocycles. The number of para-hydroxylation sites is 2. The maximum absolute atomic E-state index is 13.6. The minimum atomic E-state index is -3.96. The number of nitrogens with zero attached hydrogens (tertiary/aromatic N) is 2. The zero-order valence-corrected chi connectivity index (χ0v) is 30.2. The van der Waals surface area contributed by atoms with E-state index in [-0.39, 0.29) is 36.7 Å². The number of aliphatic hydroxyl groups excluding tert-OH is 1. The van der Waals surface area contributed by atoms with Crippen LogP contribution in [0, 0.1) is 6.92 Å². The van der Waals surface area contributed by atoms with Crippen LogP contribution in [0.2, 0.25) is 0 Å². The fourth-order valence-electron chi connectivity index (χ4n) is 6.52. The number of hydrogen-bond acceptors (Lipinski definition) is 7. The van der Waals surface area contributed by atoms with Crippen molar-refractivity contribution in [2.45, 2.75) is 68.9 Å². The number of carbonyl (C=O) groups excluding carboxylic acids is 1. The molecule has 4 atom stereocenters. The average molecular weight is 731 g/mol. The van der Waals surface area contributed by atoms with Gasteiger partial charge in [-0.1, -0.05) is 109 Å². The van der Waals surface area contributed by atoms with E-state index in [1.54, 1.807) is 12.1 Å². The molecular weight excluding hydrogens is 689 g/mol. The first kappa shape index (κ1) is 36.2. The number of imidazole rings is 1. The molecule has 6 aromatic rings. The van der Waals surface area contributed by atoms with Gasteiger partial charge in [0.25, 0.3) is 0 Å². The fraction of sp³-hybridized carbons (Fsp3) is 0.238. The first-order valence-electron chi connectivity index (χ1n) is 17.6. The number of carbonyl (C=O) groups is 1. The van der Waals surface area contributed by atoms with Crippen LogP contribution < -0.4 is 10.0 Å². The Labute approximate surface area is 309 Å². The van der Waals surface area contributed by atoms with Crippen LogP contribution in [0.15, 0.2) is 139 Å². The Kier molecular flexibility index (Phi) is 11.1. The molecule has 0 saturated carbocycles. The van der Waals surface area contributed by atoms with Crippen LogP contribution in [-0.2, 0) is 50.4 Å². The van der Waals surface area contributed by atoms with Crippen molar-refractivity contribution < 1.29 is 27.8 Å². The zero-order valence-electron chi connectivity index (χ0n) is 29.3. The third kappa shape index (κ3) is 8.90. The molecule has 53 heavy (non-hydrogen) atoms. The van der Waals surface area contributed by atoms with Crippen molar-refractivity contribution in [1.29, 1.82) is 0 Å². The molecule has 1 fully saturated rings. The van der Waals surface area contributed by atoms with E-state index >= 15 is 0 Å². The molecule has 10 nitrogen and oxygen atoms in total. The topological polar surface area (TPSA) is 132 Å². The van der Waals surface area contributed by atoms with Crippen molar-refractivity contribution in [2.24, 2.45) is 0 Å². The van der Waals surface area contributed by atoms with E-state index in [0.29, 0.717) is 13.0 Å². The van der Waals surface area contributed by atoms with Gasteiger partial charge in [-0.25, -0.2) is 13.4 Å². The van der Waals surface area contributed by atoms with E-state index in [2.05, 4.69) is 19.6 Å². The Morgan fingerprint density at radius 2 is 1.51 bits per heavy atom. The molecule has 0 spiro atoms. The summed E-state index contributed by atoms with van der Waals surface area (Å²) >= 11 is 0. The van der Waals surface area contributed by atoms with Gasteiger partial charge in [-0.05, 0) is 59.9 Å². The van der Waals surface area contributed by atoms with E-state index in [1.165, 1.54) is 12.1 Å². The molecule has 1 unspecified atom stereocenters. The Bertz CT molecular complexity index is 2240. The molecule has 2 heterocycles. The van der Waals surface area contributed by atoms with E-state index < -0.39 is 28.3 Å². The van der Waals surface area contributed by atoms with Gasteiger partial charge in [0, 0.05) is 18.5 Å². The van der Waals surface area contributed by atoms with Crippen LogP contribution in [0.3, 0.4) is 0 Å². The maximum Gasteiger partial charge on any atom is 0.241 e. The molecule has 0 aliphatic carbocycles. The monoisotopic (exact) mass is 730 g/mol. The predicted octanol–water partition coefficient (Wildman–Crippen LogP) is 6.29. The number of fused-ring (bicyclic) bond motifs is 1. The molecule has 1 amide bonds. The molecule has 1 aliphatic heterocycles. The summed E-state index contributed by atoms with van der Waals surface area (Å²) in [5.74, 6) is -0.433. The summed E-state index contributed by atoms with van der Waals surface area (Å²) in [7, 11) is -3.96. The van der Waals surface area contributed by atoms with E-state index in [0.717, 1.165) is 44.4 Å². The third-order valence-corrected chi connectivity index (χ3v) is 11.0. The lowest BCUT2D eigenvalue weighted by Gasteiger charge is -2.36. The highest BCUT2D eigenvalue weighted by molar-refractivity contribution is 7.89. The zero-order chi connectivity index (χ0) is 36.8. The lowest BCUT2D eigenvalue weighted by atomic mass is 9.99. The molecule has 0 radical (unpaired) electrons. The summed E-state index contributed by atoms with van der Waals surface area (Å²) in [5, 5.41) is 12.5. The lowest BCUT2D eigenvalue weighted by Crippen LogP contribution is -2.47. The largest absolute Gasteiger partial charge is 0.392 e. The number of nitrogens with one attached hydrogen (secondary N) is 2. The SMILES string of the molecule is Cc1ccc(S(=O)(=O)N[C@H](Cc2ccccc2)C(=O)NCc2ccc(C3O[C@H](Cn4cnc5ccccc54)C[C@H](c4ccc(CO)cc4)O3)cc2)cc1. The Balaban J connectivity index is 1.05. The van der Waals surface area contributed by atoms with Gasteiger partial charge in [-0.3, -0.25) is 4.79 Å². The summed E-state index contributed by atoms with van der Waals surface area (Å²) in [5.41, 5.74) is 7.20. The Morgan fingerprint density at radius 3 is 2.25 bits per heavy atom. The summed E-state index contributed by atoms with van der Waals surface area (Å²) in [6.07, 6.45) is 1.57. The van der Waals surface area contributed by atoms with Crippen molar-refractivity contribution in [3.8, 4) is 0 Å². The highest BCUT2D eigenvalue weighted by atomic mass is 32.2. The van der Waals surface area contributed by atoms with Crippen LogP contribution in [0.5, 0.6) is 0 Å². The van der Waals surface area contributed by atoms with Crippen LogP contribution in [0.25, 0.3) is 11.0 Å². The molecule has 0 bridgehead atoms. The second kappa shape index (κ2) is 16.2. The van der Waals surface area contributed by atoms with Gasteiger partial charge >= 0.3 is 0 Å². The molecule has 1 saturated heterocycles. The van der Waals surface area contributed by atoms with Crippen LogP contribution in [-0.4, -0.2) is 41.1 Å². The molecule has 3 N–H and O–H groups in total. The Morgan fingerprint density at radius 1 is 0.830 bits per heavy atom. The van der Waals surface area contributed by atoms with E-state index in [4.69, 9.17) is 9.47 Å². The summed E-state index contributed by atoms with van der Waals surface area (Å²) in [4.78, 5) is 18.2. The van der Waals surface area contributed by atoms with Crippen molar-refractivity contribution in [3.63, 3.8) is 0 Å². The number of aromatic nitrogens is 2. The van der Waals surface area contributed by atoms with E-state index in [9.17, 15) is 18.3 Å². The van der Waals surface area contributed by atoms with Gasteiger partial charge in [0.15, 0.2) is 6.29 Å². The van der Waals surface area contributed by atoms with Gasteiger partial charge in [0.05, 0.1) is 47.6 Å². The smallest absolute Gasteiger partial charge is 0.241 e. The van der Waals surface area contributed by atoms with Crippen molar-refractivity contribution in [3.05, 3.63) is 167 Å². The first-order valence-corrected chi connectivity index (χ1v) is 19.1. The summed E-state index contributed by atoms with van der Waals surface area (Å²) in [6.45, 7) is 2.64. The number of aryl methyl sites for hydroxylation is 1. The summed E-state index contributed by atoms with van der Waals surface area (Å²) in [6, 6.07) is 38.3. The number of hydrogen-bond donors (Lipinski definition) is 3. The highest BCUT2D eigenvalue weighted by Gasteiger charge is 2.33. The Hall–Kier alpha value is -5.17. The van der Waals surface area contributed by atoms with Crippen LogP contribution >= 0.6 is 0 Å². The van der Waals surface area contributed by atoms with Crippen molar-refractivity contribution >= 4 is 27.0 Å². The molecule has 7 rings (SSSR count). The van der Waals surface area contributed by atoms with E-state index in [1.807, 2.05) is 116 Å². The number of ether oxygens (including phenoxy) is 2. The third-order valence-electron chi connectivity index (χ3n) is 9.49. The first-order chi connectivity index (χ1) is 25.7. The van der Waals surface area contributed by atoms with Crippen molar-refractivity contribution in [1.82, 2.24) is 19.6 Å². The lowest BCUT2D eigenvalue weighted by molar-refractivity contribution is -0.252. The predicted molar refractivity (Wildman–Crippen MR) is 202 cm³/mol. The number of rotatable bonds is 13. The van der Waals surface area contributed by atoms with Gasteiger partial charge < -0.3 is 24.5 Å². The van der Waals surface area contributed by atoms with Gasteiger partial charge in [-0.15, -0.1) is 0 Å². The molecule has 272 valence electrons. The molecule has 5 aromatic carbocycles. The second-order valence-electron chi connectivity index (χ2n) is 13.4. The highest BCUT2D eigenvalue weighted by Crippen LogP contribution is 2.38. The summed E-state index contributed by atoms with van der Waals surface area (Å²) < 4.78 is 44.4. The second-order valence-corrected chi connectivity index (χ2v) is 15.1. The number of aliphatic hydroxyl groups is 1. The van der Waals surface area contributed by atoms with Crippen molar-refractivity contribution in [2.75, 3.05) is 0 Å².